The lowest BCUT2D eigenvalue weighted by Crippen LogP contribution is -2.01. The smallest absolute Gasteiger partial charge is 0.250 e. The molecule has 0 aliphatic heterocycles. The Hall–Kier alpha value is -1.75. The van der Waals surface area contributed by atoms with E-state index in [0.717, 1.165) is 18.4 Å². The average Bonchev–Trinajstić information content (AvgIpc) is 2.76. The first-order valence-electron chi connectivity index (χ1n) is 4.91. The van der Waals surface area contributed by atoms with Crippen molar-refractivity contribution in [2.75, 3.05) is 6.54 Å². The standard InChI is InChI=1S/C10H13N5/c11-4-1-3-9-7-14-15(8-9)10-12-5-2-6-13-10/h2,5-8H,1,3-4,11H2. The van der Waals surface area contributed by atoms with Gasteiger partial charge in [0.05, 0.1) is 6.20 Å². The van der Waals surface area contributed by atoms with Crippen LogP contribution in [0.3, 0.4) is 0 Å². The molecule has 0 fully saturated rings. The fourth-order valence-corrected chi connectivity index (χ4v) is 1.31. The SMILES string of the molecule is NCCCc1cnn(-c2ncccn2)c1. The van der Waals surface area contributed by atoms with Crippen molar-refractivity contribution in [1.29, 1.82) is 0 Å². The second-order valence-electron chi connectivity index (χ2n) is 3.23. The monoisotopic (exact) mass is 203 g/mol. The summed E-state index contributed by atoms with van der Waals surface area (Å²) in [5, 5.41) is 4.19. The number of aromatic nitrogens is 4. The molecule has 2 aromatic rings. The number of nitrogens with two attached hydrogens (primary N) is 1. The lowest BCUT2D eigenvalue weighted by atomic mass is 10.2. The van der Waals surface area contributed by atoms with E-state index in [4.69, 9.17) is 5.73 Å². The largest absolute Gasteiger partial charge is 0.330 e. The van der Waals surface area contributed by atoms with Crippen molar-refractivity contribution in [3.63, 3.8) is 0 Å². The second-order valence-corrected chi connectivity index (χ2v) is 3.23. The van der Waals surface area contributed by atoms with Gasteiger partial charge in [-0.1, -0.05) is 0 Å². The molecule has 2 rings (SSSR count). The minimum Gasteiger partial charge on any atom is -0.330 e. The first-order chi connectivity index (χ1) is 7.40. The zero-order valence-electron chi connectivity index (χ0n) is 8.37. The van der Waals surface area contributed by atoms with Gasteiger partial charge in [0.25, 0.3) is 0 Å². The molecule has 5 heteroatoms. The summed E-state index contributed by atoms with van der Waals surface area (Å²) in [6, 6.07) is 1.78. The van der Waals surface area contributed by atoms with Gasteiger partial charge in [-0.15, -0.1) is 0 Å². The summed E-state index contributed by atoms with van der Waals surface area (Å²) < 4.78 is 1.67. The summed E-state index contributed by atoms with van der Waals surface area (Å²) in [5.41, 5.74) is 6.60. The topological polar surface area (TPSA) is 69.6 Å². The van der Waals surface area contributed by atoms with E-state index in [1.54, 1.807) is 23.1 Å². The highest BCUT2D eigenvalue weighted by molar-refractivity contribution is 5.13. The molecule has 2 N–H and O–H groups in total. The van der Waals surface area contributed by atoms with Crippen LogP contribution in [0.25, 0.3) is 5.95 Å². The summed E-state index contributed by atoms with van der Waals surface area (Å²) in [4.78, 5) is 8.21. The van der Waals surface area contributed by atoms with Crippen LogP contribution in [0.15, 0.2) is 30.9 Å². The van der Waals surface area contributed by atoms with E-state index >= 15 is 0 Å². The summed E-state index contributed by atoms with van der Waals surface area (Å²) in [6.07, 6.45) is 9.08. The zero-order chi connectivity index (χ0) is 10.5. The maximum absolute atomic E-state index is 5.44. The fraction of sp³-hybridized carbons (Fsp3) is 0.300. The van der Waals surface area contributed by atoms with E-state index in [2.05, 4.69) is 15.1 Å². The normalized spacial score (nSPS) is 10.5. The van der Waals surface area contributed by atoms with Gasteiger partial charge in [0, 0.05) is 18.6 Å². The maximum atomic E-state index is 5.44. The minimum absolute atomic E-state index is 0.594. The summed E-state index contributed by atoms with van der Waals surface area (Å²) in [6.45, 7) is 0.701. The van der Waals surface area contributed by atoms with Gasteiger partial charge in [-0.3, -0.25) is 0 Å². The Morgan fingerprint density at radius 2 is 2.07 bits per heavy atom. The number of nitrogens with zero attached hydrogens (tertiary/aromatic N) is 4. The minimum atomic E-state index is 0.594. The number of hydrogen-bond acceptors (Lipinski definition) is 4. The molecule has 0 bridgehead atoms. The van der Waals surface area contributed by atoms with Gasteiger partial charge < -0.3 is 5.73 Å². The number of aryl methyl sites for hydroxylation is 1. The van der Waals surface area contributed by atoms with Gasteiger partial charge in [-0.2, -0.15) is 5.10 Å². The van der Waals surface area contributed by atoms with Crippen LogP contribution in [-0.4, -0.2) is 26.3 Å². The van der Waals surface area contributed by atoms with Crippen molar-refractivity contribution in [3.8, 4) is 5.95 Å². The van der Waals surface area contributed by atoms with E-state index in [0.29, 0.717) is 12.5 Å². The Kier molecular flexibility index (Phi) is 3.04. The molecule has 2 aromatic heterocycles. The predicted molar refractivity (Wildman–Crippen MR) is 56.5 cm³/mol. The van der Waals surface area contributed by atoms with Crippen LogP contribution in [0, 0.1) is 0 Å². The maximum Gasteiger partial charge on any atom is 0.250 e. The van der Waals surface area contributed by atoms with E-state index < -0.39 is 0 Å². The molecule has 0 unspecified atom stereocenters. The van der Waals surface area contributed by atoms with Gasteiger partial charge in [0.1, 0.15) is 0 Å². The summed E-state index contributed by atoms with van der Waals surface area (Å²) >= 11 is 0. The van der Waals surface area contributed by atoms with Crippen molar-refractivity contribution in [1.82, 2.24) is 19.7 Å². The van der Waals surface area contributed by atoms with Crippen LogP contribution in [0.5, 0.6) is 0 Å². The molecule has 5 nitrogen and oxygen atoms in total. The molecule has 0 aliphatic carbocycles. The highest BCUT2D eigenvalue weighted by Gasteiger charge is 2.01. The van der Waals surface area contributed by atoms with Crippen molar-refractivity contribution in [3.05, 3.63) is 36.4 Å². The van der Waals surface area contributed by atoms with Crippen LogP contribution in [-0.2, 0) is 6.42 Å². The number of rotatable bonds is 4. The molecule has 0 saturated heterocycles. The summed E-state index contributed by atoms with van der Waals surface area (Å²) in [5.74, 6) is 0.594. The third-order valence-corrected chi connectivity index (χ3v) is 2.06. The van der Waals surface area contributed by atoms with Crippen LogP contribution < -0.4 is 5.73 Å². The molecule has 0 saturated carbocycles. The first kappa shape index (κ1) is 9.79. The predicted octanol–water partition coefficient (Wildman–Crippen LogP) is 0.554. The van der Waals surface area contributed by atoms with Crippen LogP contribution >= 0.6 is 0 Å². The van der Waals surface area contributed by atoms with Crippen molar-refractivity contribution in [2.24, 2.45) is 5.73 Å². The lowest BCUT2D eigenvalue weighted by Gasteiger charge is -1.96. The molecule has 0 radical (unpaired) electrons. The Labute approximate surface area is 88.0 Å². The highest BCUT2D eigenvalue weighted by Crippen LogP contribution is 2.04. The van der Waals surface area contributed by atoms with E-state index in [-0.39, 0.29) is 0 Å². The fourth-order valence-electron chi connectivity index (χ4n) is 1.31. The molecular weight excluding hydrogens is 190 g/mol. The van der Waals surface area contributed by atoms with Gasteiger partial charge in [0.2, 0.25) is 5.95 Å². The Morgan fingerprint density at radius 3 is 2.80 bits per heavy atom. The molecule has 2 heterocycles. The number of hydrogen-bond donors (Lipinski definition) is 1. The van der Waals surface area contributed by atoms with Gasteiger partial charge in [0.15, 0.2) is 0 Å². The second kappa shape index (κ2) is 4.65. The van der Waals surface area contributed by atoms with Gasteiger partial charge >= 0.3 is 0 Å². The first-order valence-corrected chi connectivity index (χ1v) is 4.91. The third-order valence-electron chi connectivity index (χ3n) is 2.06. The lowest BCUT2D eigenvalue weighted by molar-refractivity contribution is 0.803. The molecular formula is C10H13N5. The van der Waals surface area contributed by atoms with E-state index in [9.17, 15) is 0 Å². The molecule has 0 aliphatic rings. The van der Waals surface area contributed by atoms with E-state index in [1.165, 1.54) is 0 Å². The Morgan fingerprint density at radius 1 is 1.27 bits per heavy atom. The molecule has 0 amide bonds. The van der Waals surface area contributed by atoms with Crippen LogP contribution in [0.2, 0.25) is 0 Å². The van der Waals surface area contributed by atoms with Gasteiger partial charge in [-0.05, 0) is 31.0 Å². The van der Waals surface area contributed by atoms with Crippen LogP contribution in [0.4, 0.5) is 0 Å². The molecule has 15 heavy (non-hydrogen) atoms. The molecule has 78 valence electrons. The molecule has 0 aromatic carbocycles. The molecule has 0 spiro atoms. The quantitative estimate of drug-likeness (QED) is 0.788. The highest BCUT2D eigenvalue weighted by atomic mass is 15.3. The van der Waals surface area contributed by atoms with E-state index in [1.807, 2.05) is 12.4 Å². The van der Waals surface area contributed by atoms with Crippen molar-refractivity contribution < 1.29 is 0 Å². The zero-order valence-corrected chi connectivity index (χ0v) is 8.37. The Bertz CT molecular complexity index is 409. The van der Waals surface area contributed by atoms with Crippen molar-refractivity contribution >= 4 is 0 Å². The Balaban J connectivity index is 2.14. The average molecular weight is 203 g/mol. The van der Waals surface area contributed by atoms with Gasteiger partial charge in [-0.25, -0.2) is 14.6 Å². The summed E-state index contributed by atoms with van der Waals surface area (Å²) in [7, 11) is 0. The molecule has 0 atom stereocenters. The third kappa shape index (κ3) is 2.38. The van der Waals surface area contributed by atoms with Crippen molar-refractivity contribution in [2.45, 2.75) is 12.8 Å². The van der Waals surface area contributed by atoms with Crippen LogP contribution in [0.1, 0.15) is 12.0 Å².